The average Bonchev–Trinajstić information content (AvgIpc) is 2.91. The van der Waals surface area contributed by atoms with Crippen molar-refractivity contribution in [1.82, 2.24) is 4.72 Å². The fraction of sp³-hybridized carbons (Fsp3) is 0.531. The number of aliphatic hydroxyl groups is 1. The fourth-order valence-corrected chi connectivity index (χ4v) is 8.00. The zero-order valence-corrected chi connectivity index (χ0v) is 26.8. The van der Waals surface area contributed by atoms with Crippen molar-refractivity contribution < 1.29 is 32.3 Å². The van der Waals surface area contributed by atoms with Crippen LogP contribution in [-0.2, 0) is 31.7 Å². The summed E-state index contributed by atoms with van der Waals surface area (Å²) in [6, 6.07) is 10.5. The number of hydrogen-bond donors (Lipinski definition) is 3. The van der Waals surface area contributed by atoms with E-state index in [1.54, 1.807) is 38.1 Å². The van der Waals surface area contributed by atoms with Gasteiger partial charge < -0.3 is 19.1 Å². The van der Waals surface area contributed by atoms with Crippen LogP contribution in [0.1, 0.15) is 89.3 Å². The predicted octanol–water partition coefficient (Wildman–Crippen LogP) is 6.99. The number of hydrogen-bond acceptors (Lipinski definition) is 8. The number of aromatic hydroxyl groups is 1. The van der Waals surface area contributed by atoms with Crippen molar-refractivity contribution in [1.29, 1.82) is 0 Å². The molecule has 0 aromatic heterocycles. The maximum atomic E-state index is 13.7. The van der Waals surface area contributed by atoms with Crippen LogP contribution >= 0.6 is 11.8 Å². The topological polar surface area (TPSA) is 122 Å². The number of thioether (sulfide) groups is 1. The number of aryl methyl sites for hydroxylation is 2. The first-order chi connectivity index (χ1) is 19.7. The predicted molar refractivity (Wildman–Crippen MR) is 165 cm³/mol. The SMILES string of the molecule is CCNS(=O)(=O)Oc1cc(C(C)(C)C)c(SC2=C(O)CC(CCc3ccc(O)cc3)(C3CCCCC3)OC2=O)cc1C. The molecule has 4 rings (SSSR count). The second-order valence-corrected chi connectivity index (χ2v) is 14.8. The summed E-state index contributed by atoms with van der Waals surface area (Å²) in [5.41, 5.74) is 1.18. The summed E-state index contributed by atoms with van der Waals surface area (Å²) in [6.07, 6.45) is 6.68. The number of carbonyl (C=O) groups excluding carboxylic acids is 1. The number of esters is 1. The number of aliphatic hydroxyl groups excluding tert-OH is 1. The zero-order chi connectivity index (χ0) is 30.7. The lowest BCUT2D eigenvalue weighted by molar-refractivity contribution is -0.168. The van der Waals surface area contributed by atoms with E-state index in [9.17, 15) is 23.4 Å². The van der Waals surface area contributed by atoms with E-state index < -0.39 is 27.3 Å². The Bertz CT molecular complexity index is 1420. The monoisotopic (exact) mass is 617 g/mol. The smallest absolute Gasteiger partial charge is 0.382 e. The number of phenols is 1. The lowest BCUT2D eigenvalue weighted by Crippen LogP contribution is -2.47. The van der Waals surface area contributed by atoms with E-state index in [2.05, 4.69) is 4.72 Å². The molecule has 1 aliphatic carbocycles. The Kier molecular flexibility index (Phi) is 9.89. The van der Waals surface area contributed by atoms with Crippen LogP contribution in [0.2, 0.25) is 0 Å². The summed E-state index contributed by atoms with van der Waals surface area (Å²) in [5, 5.41) is 21.1. The van der Waals surface area contributed by atoms with Gasteiger partial charge in [0.15, 0.2) is 0 Å². The van der Waals surface area contributed by atoms with Crippen LogP contribution in [0.4, 0.5) is 0 Å². The van der Waals surface area contributed by atoms with Crippen molar-refractivity contribution >= 4 is 28.0 Å². The Morgan fingerprint density at radius 3 is 2.36 bits per heavy atom. The van der Waals surface area contributed by atoms with Crippen molar-refractivity contribution in [3.05, 3.63) is 63.8 Å². The van der Waals surface area contributed by atoms with E-state index in [-0.39, 0.29) is 41.0 Å². The van der Waals surface area contributed by atoms with Crippen LogP contribution in [-0.4, -0.2) is 36.7 Å². The third-order valence-corrected chi connectivity index (χ3v) is 10.4. The quantitative estimate of drug-likeness (QED) is 0.244. The van der Waals surface area contributed by atoms with Gasteiger partial charge in [0.25, 0.3) is 0 Å². The van der Waals surface area contributed by atoms with Gasteiger partial charge in [-0.2, -0.15) is 13.1 Å². The van der Waals surface area contributed by atoms with Crippen LogP contribution in [0, 0.1) is 12.8 Å². The van der Waals surface area contributed by atoms with Crippen molar-refractivity contribution in [3.63, 3.8) is 0 Å². The molecule has 230 valence electrons. The van der Waals surface area contributed by atoms with Gasteiger partial charge in [-0.1, -0.05) is 70.9 Å². The van der Waals surface area contributed by atoms with Crippen LogP contribution in [0.25, 0.3) is 0 Å². The summed E-state index contributed by atoms with van der Waals surface area (Å²) in [4.78, 5) is 14.6. The molecule has 0 spiro atoms. The Morgan fingerprint density at radius 1 is 1.10 bits per heavy atom. The summed E-state index contributed by atoms with van der Waals surface area (Å²) in [6.45, 7) is 9.61. The molecule has 8 nitrogen and oxygen atoms in total. The molecular weight excluding hydrogens is 574 g/mol. The first-order valence-corrected chi connectivity index (χ1v) is 16.9. The molecule has 3 N–H and O–H groups in total. The van der Waals surface area contributed by atoms with Crippen LogP contribution in [0.5, 0.6) is 11.5 Å². The third kappa shape index (κ3) is 7.63. The summed E-state index contributed by atoms with van der Waals surface area (Å²) < 4.78 is 38.6. The van der Waals surface area contributed by atoms with Gasteiger partial charge in [0.1, 0.15) is 27.8 Å². The van der Waals surface area contributed by atoms with Gasteiger partial charge in [-0.15, -0.1) is 0 Å². The maximum absolute atomic E-state index is 13.7. The van der Waals surface area contributed by atoms with Crippen molar-refractivity contribution in [3.8, 4) is 11.5 Å². The van der Waals surface area contributed by atoms with Crippen molar-refractivity contribution in [2.75, 3.05) is 6.54 Å². The highest BCUT2D eigenvalue weighted by molar-refractivity contribution is 8.04. The molecule has 1 unspecified atom stereocenters. The number of cyclic esters (lactones) is 1. The van der Waals surface area contributed by atoms with E-state index in [4.69, 9.17) is 8.92 Å². The van der Waals surface area contributed by atoms with Gasteiger partial charge in [0, 0.05) is 17.9 Å². The summed E-state index contributed by atoms with van der Waals surface area (Å²) in [7, 11) is -3.97. The van der Waals surface area contributed by atoms with E-state index in [0.29, 0.717) is 18.4 Å². The van der Waals surface area contributed by atoms with Gasteiger partial charge in [0.05, 0.1) is 0 Å². The van der Waals surface area contributed by atoms with Crippen LogP contribution in [0.15, 0.2) is 52.0 Å². The van der Waals surface area contributed by atoms with E-state index in [1.165, 1.54) is 0 Å². The van der Waals surface area contributed by atoms with Gasteiger partial charge in [-0.05, 0) is 84.9 Å². The molecule has 0 bridgehead atoms. The first-order valence-electron chi connectivity index (χ1n) is 14.7. The Balaban J connectivity index is 1.66. The molecule has 0 amide bonds. The van der Waals surface area contributed by atoms with Crippen molar-refractivity contribution in [2.45, 2.75) is 102 Å². The number of nitrogens with one attached hydrogen (secondary N) is 1. The molecule has 1 aliphatic heterocycles. The standard InChI is InChI=1S/C32H43NO7S2/c1-6-33-42(37,38)40-27-19-25(31(3,4)5)28(18-21(27)2)41-29-26(35)20-32(39-30(29)36,23-10-8-7-9-11-23)17-16-22-12-14-24(34)15-13-22/h12-15,18-19,23,33-35H,6-11,16-17,20H2,1-5H3. The minimum absolute atomic E-state index is 0.0279. The van der Waals surface area contributed by atoms with Crippen molar-refractivity contribution in [2.24, 2.45) is 5.92 Å². The number of ether oxygens (including phenoxy) is 1. The normalized spacial score (nSPS) is 20.5. The minimum Gasteiger partial charge on any atom is -0.511 e. The molecule has 42 heavy (non-hydrogen) atoms. The second kappa shape index (κ2) is 12.9. The number of benzene rings is 2. The van der Waals surface area contributed by atoms with E-state index >= 15 is 0 Å². The number of rotatable bonds is 10. The summed E-state index contributed by atoms with van der Waals surface area (Å²) in [5.74, 6) is 0.0622. The van der Waals surface area contributed by atoms with Gasteiger partial charge in [0.2, 0.25) is 0 Å². The molecule has 1 heterocycles. The Labute approximate surface area is 254 Å². The van der Waals surface area contributed by atoms with Gasteiger partial charge >= 0.3 is 16.3 Å². The maximum Gasteiger partial charge on any atom is 0.382 e. The number of phenolic OH excluding ortho intramolecular Hbond substituents is 1. The highest BCUT2D eigenvalue weighted by Gasteiger charge is 2.48. The molecule has 1 atom stereocenters. The second-order valence-electron chi connectivity index (χ2n) is 12.4. The molecule has 2 aliphatic rings. The molecule has 0 radical (unpaired) electrons. The molecular formula is C32H43NO7S2. The first kappa shape index (κ1) is 32.2. The minimum atomic E-state index is -3.97. The molecule has 0 saturated heterocycles. The highest BCUT2D eigenvalue weighted by atomic mass is 32.2. The summed E-state index contributed by atoms with van der Waals surface area (Å²) >= 11 is 1.16. The van der Waals surface area contributed by atoms with E-state index in [0.717, 1.165) is 59.9 Å². The molecule has 2 aromatic carbocycles. The molecule has 10 heteroatoms. The molecule has 1 saturated carbocycles. The lowest BCUT2D eigenvalue weighted by Gasteiger charge is -2.44. The fourth-order valence-electron chi connectivity index (χ4n) is 5.92. The Morgan fingerprint density at radius 2 is 1.76 bits per heavy atom. The lowest BCUT2D eigenvalue weighted by atomic mass is 9.71. The van der Waals surface area contributed by atoms with Gasteiger partial charge in [-0.3, -0.25) is 0 Å². The molecule has 1 fully saturated rings. The molecule has 2 aromatic rings. The van der Waals surface area contributed by atoms with E-state index in [1.807, 2.05) is 32.9 Å². The third-order valence-electron chi connectivity index (χ3n) is 8.15. The zero-order valence-electron chi connectivity index (χ0n) is 25.2. The average molecular weight is 618 g/mol. The highest BCUT2D eigenvalue weighted by Crippen LogP contribution is 2.49. The van der Waals surface area contributed by atoms with Crippen LogP contribution < -0.4 is 8.91 Å². The van der Waals surface area contributed by atoms with Crippen LogP contribution in [0.3, 0.4) is 0 Å². The number of carbonyl (C=O) groups is 1. The van der Waals surface area contributed by atoms with Gasteiger partial charge in [-0.25, -0.2) is 4.79 Å². The Hall–Kier alpha value is -2.69. The largest absolute Gasteiger partial charge is 0.511 e.